The maximum Gasteiger partial charge on any atom is 0.419 e. The number of oxazole rings is 2. The molecule has 0 saturated carbocycles. The van der Waals surface area contributed by atoms with Gasteiger partial charge in [0.05, 0.1) is 11.2 Å². The lowest BCUT2D eigenvalue weighted by Gasteiger charge is -1.98. The third kappa shape index (κ3) is 1.72. The monoisotopic (exact) mass is 259 g/mol. The van der Waals surface area contributed by atoms with Crippen LogP contribution in [0.3, 0.4) is 0 Å². The number of aryl methyl sites for hydroxylation is 2. The summed E-state index contributed by atoms with van der Waals surface area (Å²) in [7, 11) is 3.42. The van der Waals surface area contributed by atoms with E-state index in [9.17, 15) is 4.79 Å². The molecule has 0 radical (unpaired) electrons. The van der Waals surface area contributed by atoms with Gasteiger partial charge in [-0.1, -0.05) is 0 Å². The molecule has 0 fully saturated rings. The zero-order valence-corrected chi connectivity index (χ0v) is 10.9. The number of nitrogens with zero attached hydrogens (tertiary/aromatic N) is 2. The molecule has 1 N–H and O–H groups in total. The quantitative estimate of drug-likeness (QED) is 0.763. The van der Waals surface area contributed by atoms with Crippen LogP contribution in [0.4, 0.5) is 6.01 Å². The lowest BCUT2D eigenvalue weighted by atomic mass is 10.1. The Morgan fingerprint density at radius 1 is 1.32 bits per heavy atom. The molecule has 0 spiro atoms. The van der Waals surface area contributed by atoms with Crippen molar-refractivity contribution in [2.75, 3.05) is 12.4 Å². The third-order valence-electron chi connectivity index (χ3n) is 3.06. The summed E-state index contributed by atoms with van der Waals surface area (Å²) >= 11 is 0. The van der Waals surface area contributed by atoms with Gasteiger partial charge in [-0.2, -0.15) is 4.98 Å². The number of hydrogen-bond donors (Lipinski definition) is 1. The van der Waals surface area contributed by atoms with Gasteiger partial charge in [0.1, 0.15) is 0 Å². The molecule has 0 bridgehead atoms. The van der Waals surface area contributed by atoms with E-state index in [-0.39, 0.29) is 5.76 Å². The maximum absolute atomic E-state index is 11.5. The first-order valence-corrected chi connectivity index (χ1v) is 5.85. The van der Waals surface area contributed by atoms with E-state index in [0.717, 1.165) is 16.8 Å². The van der Waals surface area contributed by atoms with Crippen LogP contribution in [-0.4, -0.2) is 16.6 Å². The van der Waals surface area contributed by atoms with Crippen molar-refractivity contribution >= 4 is 17.1 Å². The van der Waals surface area contributed by atoms with Gasteiger partial charge in [0.2, 0.25) is 0 Å². The molecule has 0 amide bonds. The SMILES string of the molecule is CNc1nc(C)c(-c2ccc3oc(=O)n(C)c3c2)o1. The molecule has 6 heteroatoms. The number of anilines is 1. The first-order valence-electron chi connectivity index (χ1n) is 5.85. The lowest BCUT2D eigenvalue weighted by Crippen LogP contribution is -2.08. The van der Waals surface area contributed by atoms with Crippen molar-refractivity contribution < 1.29 is 8.83 Å². The van der Waals surface area contributed by atoms with Crippen molar-refractivity contribution in [1.29, 1.82) is 0 Å². The summed E-state index contributed by atoms with van der Waals surface area (Å²) in [6, 6.07) is 5.92. The molecule has 0 saturated heterocycles. The predicted octanol–water partition coefficient (Wildman–Crippen LogP) is 2.14. The summed E-state index contributed by atoms with van der Waals surface area (Å²) in [6.07, 6.45) is 0. The zero-order chi connectivity index (χ0) is 13.6. The third-order valence-corrected chi connectivity index (χ3v) is 3.06. The highest BCUT2D eigenvalue weighted by Gasteiger charge is 2.13. The minimum absolute atomic E-state index is 0.377. The van der Waals surface area contributed by atoms with E-state index in [0.29, 0.717) is 17.4 Å². The highest BCUT2D eigenvalue weighted by molar-refractivity contribution is 5.79. The van der Waals surface area contributed by atoms with E-state index in [1.165, 1.54) is 4.57 Å². The molecular weight excluding hydrogens is 246 g/mol. The van der Waals surface area contributed by atoms with E-state index in [1.54, 1.807) is 20.2 Å². The maximum atomic E-state index is 11.5. The van der Waals surface area contributed by atoms with Crippen LogP contribution in [0.25, 0.3) is 22.4 Å². The number of aromatic nitrogens is 2. The Kier molecular flexibility index (Phi) is 2.45. The first-order chi connectivity index (χ1) is 9.10. The first kappa shape index (κ1) is 11.6. The molecule has 2 heterocycles. The van der Waals surface area contributed by atoms with Crippen molar-refractivity contribution in [2.45, 2.75) is 6.92 Å². The van der Waals surface area contributed by atoms with Gasteiger partial charge in [0.25, 0.3) is 6.01 Å². The molecule has 2 aromatic heterocycles. The van der Waals surface area contributed by atoms with Gasteiger partial charge < -0.3 is 14.2 Å². The Morgan fingerprint density at radius 3 is 2.79 bits per heavy atom. The number of rotatable bonds is 2. The molecule has 98 valence electrons. The van der Waals surface area contributed by atoms with Crippen molar-refractivity contribution in [1.82, 2.24) is 9.55 Å². The van der Waals surface area contributed by atoms with E-state index in [4.69, 9.17) is 8.83 Å². The van der Waals surface area contributed by atoms with E-state index in [1.807, 2.05) is 19.1 Å². The second-order valence-electron chi connectivity index (χ2n) is 4.29. The second kappa shape index (κ2) is 4.01. The van der Waals surface area contributed by atoms with Crippen LogP contribution in [0, 0.1) is 6.92 Å². The summed E-state index contributed by atoms with van der Waals surface area (Å²) in [4.78, 5) is 15.7. The van der Waals surface area contributed by atoms with Crippen LogP contribution in [-0.2, 0) is 7.05 Å². The molecule has 3 rings (SSSR count). The van der Waals surface area contributed by atoms with Gasteiger partial charge in [-0.25, -0.2) is 4.79 Å². The van der Waals surface area contributed by atoms with E-state index < -0.39 is 0 Å². The Bertz CT molecular complexity index is 810. The smallest absolute Gasteiger partial charge is 0.419 e. The van der Waals surface area contributed by atoms with Crippen molar-refractivity contribution in [3.63, 3.8) is 0 Å². The van der Waals surface area contributed by atoms with Crippen LogP contribution in [0.2, 0.25) is 0 Å². The van der Waals surface area contributed by atoms with Crippen LogP contribution in [0.5, 0.6) is 0 Å². The van der Waals surface area contributed by atoms with Crippen LogP contribution in [0.1, 0.15) is 5.69 Å². The number of benzene rings is 1. The van der Waals surface area contributed by atoms with E-state index >= 15 is 0 Å². The van der Waals surface area contributed by atoms with Crippen molar-refractivity contribution in [2.24, 2.45) is 7.05 Å². The Labute approximate surface area is 108 Å². The summed E-state index contributed by atoms with van der Waals surface area (Å²) in [6.45, 7) is 1.87. The molecule has 0 aliphatic rings. The molecule has 19 heavy (non-hydrogen) atoms. The summed E-state index contributed by atoms with van der Waals surface area (Å²) in [5.41, 5.74) is 2.93. The van der Waals surface area contributed by atoms with Crippen molar-refractivity contribution in [3.05, 3.63) is 34.4 Å². The fourth-order valence-corrected chi connectivity index (χ4v) is 2.04. The fourth-order valence-electron chi connectivity index (χ4n) is 2.04. The van der Waals surface area contributed by atoms with Gasteiger partial charge >= 0.3 is 5.76 Å². The Hall–Kier alpha value is -2.50. The van der Waals surface area contributed by atoms with Crippen molar-refractivity contribution in [3.8, 4) is 11.3 Å². The molecular formula is C13H13N3O3. The molecule has 1 aromatic carbocycles. The summed E-state index contributed by atoms with van der Waals surface area (Å²) < 4.78 is 12.2. The highest BCUT2D eigenvalue weighted by Crippen LogP contribution is 2.28. The van der Waals surface area contributed by atoms with Gasteiger partial charge in [0, 0.05) is 19.7 Å². The summed E-state index contributed by atoms with van der Waals surface area (Å²) in [5.74, 6) is 0.303. The largest absolute Gasteiger partial charge is 0.423 e. The van der Waals surface area contributed by atoms with Gasteiger partial charge in [-0.05, 0) is 25.1 Å². The minimum Gasteiger partial charge on any atom is -0.423 e. The zero-order valence-electron chi connectivity index (χ0n) is 10.9. The van der Waals surface area contributed by atoms with Crippen LogP contribution < -0.4 is 11.1 Å². The molecule has 0 unspecified atom stereocenters. The molecule has 0 aliphatic carbocycles. The second-order valence-corrected chi connectivity index (χ2v) is 4.29. The average molecular weight is 259 g/mol. The standard InChI is InChI=1S/C13H13N3O3/c1-7-11(19-12(14-2)15-7)8-4-5-10-9(6-8)16(3)13(17)18-10/h4-6H,1-3H3,(H,14,15). The normalized spacial score (nSPS) is 11.1. The summed E-state index contributed by atoms with van der Waals surface area (Å²) in [5, 5.41) is 2.86. The molecule has 0 atom stereocenters. The predicted molar refractivity (Wildman–Crippen MR) is 71.2 cm³/mol. The van der Waals surface area contributed by atoms with Gasteiger partial charge in [-0.15, -0.1) is 0 Å². The van der Waals surface area contributed by atoms with Gasteiger partial charge in [-0.3, -0.25) is 4.57 Å². The lowest BCUT2D eigenvalue weighted by molar-refractivity contribution is 0.528. The number of fused-ring (bicyclic) bond motifs is 1. The fraction of sp³-hybridized carbons (Fsp3) is 0.231. The number of hydrogen-bond acceptors (Lipinski definition) is 5. The molecule has 0 aliphatic heterocycles. The van der Waals surface area contributed by atoms with E-state index in [2.05, 4.69) is 10.3 Å². The highest BCUT2D eigenvalue weighted by atomic mass is 16.4. The molecule has 6 nitrogen and oxygen atoms in total. The molecule has 3 aromatic rings. The average Bonchev–Trinajstić information content (AvgIpc) is 2.91. The van der Waals surface area contributed by atoms with Gasteiger partial charge in [0.15, 0.2) is 11.3 Å². The Morgan fingerprint density at radius 2 is 2.11 bits per heavy atom. The van der Waals surface area contributed by atoms with Crippen LogP contribution in [0.15, 0.2) is 31.8 Å². The topological polar surface area (TPSA) is 73.2 Å². The number of nitrogens with one attached hydrogen (secondary N) is 1. The van der Waals surface area contributed by atoms with Crippen LogP contribution >= 0.6 is 0 Å². The Balaban J connectivity index is 2.22. The minimum atomic E-state index is -0.377.